The molecule has 1 N–H and O–H groups in total. The molecule has 0 atom stereocenters. The molecule has 0 aliphatic carbocycles. The standard InChI is InChI=1S/C15H17NO6/c1-9-5-6-11(10(7-9)14(18)21-3)16-12(15(19)22-4)8-13(17)20-2/h5-8,16H,1-4H3/b12-8+. The van der Waals surface area contributed by atoms with Gasteiger partial charge in [0.2, 0.25) is 0 Å². The molecule has 1 aromatic rings. The first kappa shape index (κ1) is 17.2. The fourth-order valence-corrected chi connectivity index (χ4v) is 1.62. The molecule has 22 heavy (non-hydrogen) atoms. The second-order valence-corrected chi connectivity index (χ2v) is 4.24. The second kappa shape index (κ2) is 7.82. The van der Waals surface area contributed by atoms with Crippen LogP contribution in [0.3, 0.4) is 0 Å². The molecular weight excluding hydrogens is 290 g/mol. The summed E-state index contributed by atoms with van der Waals surface area (Å²) in [5.74, 6) is -2.09. The van der Waals surface area contributed by atoms with Crippen molar-refractivity contribution in [2.24, 2.45) is 0 Å². The highest BCUT2D eigenvalue weighted by atomic mass is 16.5. The Morgan fingerprint density at radius 3 is 2.27 bits per heavy atom. The molecule has 0 bridgehead atoms. The van der Waals surface area contributed by atoms with Crippen LogP contribution in [0.4, 0.5) is 5.69 Å². The Morgan fingerprint density at radius 2 is 1.73 bits per heavy atom. The molecule has 0 amide bonds. The zero-order chi connectivity index (χ0) is 16.7. The van der Waals surface area contributed by atoms with Gasteiger partial charge in [0.15, 0.2) is 0 Å². The highest BCUT2D eigenvalue weighted by molar-refractivity contribution is 6.01. The summed E-state index contributed by atoms with van der Waals surface area (Å²) in [6, 6.07) is 4.93. The van der Waals surface area contributed by atoms with E-state index < -0.39 is 17.9 Å². The van der Waals surface area contributed by atoms with Gasteiger partial charge in [0.1, 0.15) is 5.70 Å². The molecule has 0 radical (unpaired) electrons. The number of carbonyl (C=O) groups is 3. The number of ether oxygens (including phenoxy) is 3. The molecule has 118 valence electrons. The van der Waals surface area contributed by atoms with Crippen LogP contribution in [0, 0.1) is 6.92 Å². The maximum Gasteiger partial charge on any atom is 0.354 e. The number of esters is 3. The third kappa shape index (κ3) is 4.34. The molecule has 7 nitrogen and oxygen atoms in total. The van der Waals surface area contributed by atoms with Gasteiger partial charge in [-0.2, -0.15) is 0 Å². The van der Waals surface area contributed by atoms with E-state index in [0.29, 0.717) is 5.69 Å². The minimum Gasteiger partial charge on any atom is -0.466 e. The predicted octanol–water partition coefficient (Wildman–Crippen LogP) is 1.42. The molecule has 7 heteroatoms. The number of anilines is 1. The Kier molecular flexibility index (Phi) is 6.12. The number of nitrogens with one attached hydrogen (secondary N) is 1. The van der Waals surface area contributed by atoms with Gasteiger partial charge in [0.25, 0.3) is 0 Å². The van der Waals surface area contributed by atoms with Crippen molar-refractivity contribution in [1.82, 2.24) is 0 Å². The normalized spacial score (nSPS) is 10.6. The van der Waals surface area contributed by atoms with Crippen molar-refractivity contribution >= 4 is 23.6 Å². The van der Waals surface area contributed by atoms with Crippen molar-refractivity contribution in [2.75, 3.05) is 26.6 Å². The Balaban J connectivity index is 3.24. The van der Waals surface area contributed by atoms with Crippen molar-refractivity contribution in [3.63, 3.8) is 0 Å². The van der Waals surface area contributed by atoms with Gasteiger partial charge in [-0.1, -0.05) is 11.6 Å². The Hall–Kier alpha value is -2.83. The number of rotatable bonds is 5. The van der Waals surface area contributed by atoms with Crippen molar-refractivity contribution < 1.29 is 28.6 Å². The average Bonchev–Trinajstić information content (AvgIpc) is 2.53. The average molecular weight is 307 g/mol. The summed E-state index contributed by atoms with van der Waals surface area (Å²) in [6.07, 6.45) is 0.937. The highest BCUT2D eigenvalue weighted by Crippen LogP contribution is 2.20. The van der Waals surface area contributed by atoms with E-state index in [-0.39, 0.29) is 11.3 Å². The Labute approximate surface area is 127 Å². The fraction of sp³-hybridized carbons (Fsp3) is 0.267. The predicted molar refractivity (Wildman–Crippen MR) is 78.3 cm³/mol. The first-order chi connectivity index (χ1) is 10.4. The van der Waals surface area contributed by atoms with Crippen LogP contribution in [-0.2, 0) is 23.8 Å². The molecule has 0 aliphatic heterocycles. The molecule has 0 aliphatic rings. The van der Waals surface area contributed by atoms with Crippen molar-refractivity contribution in [3.05, 3.63) is 41.1 Å². The van der Waals surface area contributed by atoms with Crippen LogP contribution in [0.1, 0.15) is 15.9 Å². The maximum atomic E-state index is 11.8. The van der Waals surface area contributed by atoms with Crippen LogP contribution in [0.5, 0.6) is 0 Å². The first-order valence-electron chi connectivity index (χ1n) is 6.26. The van der Waals surface area contributed by atoms with Crippen molar-refractivity contribution in [3.8, 4) is 0 Å². The Morgan fingerprint density at radius 1 is 1.05 bits per heavy atom. The van der Waals surface area contributed by atoms with Gasteiger partial charge in [-0.05, 0) is 19.1 Å². The van der Waals surface area contributed by atoms with Gasteiger partial charge in [0, 0.05) is 0 Å². The van der Waals surface area contributed by atoms with E-state index in [9.17, 15) is 14.4 Å². The van der Waals surface area contributed by atoms with Crippen LogP contribution in [0.25, 0.3) is 0 Å². The van der Waals surface area contributed by atoms with E-state index >= 15 is 0 Å². The van der Waals surface area contributed by atoms with Crippen molar-refractivity contribution in [2.45, 2.75) is 6.92 Å². The SMILES string of the molecule is COC(=O)/C=C(/Nc1ccc(C)cc1C(=O)OC)C(=O)OC. The third-order valence-corrected chi connectivity index (χ3v) is 2.72. The number of carbonyl (C=O) groups excluding carboxylic acids is 3. The molecule has 0 spiro atoms. The second-order valence-electron chi connectivity index (χ2n) is 4.24. The fourth-order valence-electron chi connectivity index (χ4n) is 1.62. The molecule has 0 heterocycles. The Bertz CT molecular complexity index is 620. The van der Waals surface area contributed by atoms with Gasteiger partial charge < -0.3 is 19.5 Å². The third-order valence-electron chi connectivity index (χ3n) is 2.72. The van der Waals surface area contributed by atoms with E-state index in [4.69, 9.17) is 4.74 Å². The van der Waals surface area contributed by atoms with Crippen molar-refractivity contribution in [1.29, 1.82) is 0 Å². The molecule has 0 saturated heterocycles. The van der Waals surface area contributed by atoms with Crippen LogP contribution < -0.4 is 5.32 Å². The monoisotopic (exact) mass is 307 g/mol. The maximum absolute atomic E-state index is 11.8. The number of methoxy groups -OCH3 is 3. The summed E-state index contributed by atoms with van der Waals surface area (Å²) in [5.41, 5.74) is 1.20. The summed E-state index contributed by atoms with van der Waals surface area (Å²) in [4.78, 5) is 34.8. The van der Waals surface area contributed by atoms with Gasteiger partial charge >= 0.3 is 17.9 Å². The molecule has 1 rings (SSSR count). The lowest BCUT2D eigenvalue weighted by atomic mass is 10.1. The number of benzene rings is 1. The number of hydrogen-bond donors (Lipinski definition) is 1. The summed E-state index contributed by atoms with van der Waals surface area (Å²) >= 11 is 0. The lowest BCUT2D eigenvalue weighted by molar-refractivity contribution is -0.138. The molecular formula is C15H17NO6. The molecule has 1 aromatic carbocycles. The van der Waals surface area contributed by atoms with Crippen LogP contribution in [-0.4, -0.2) is 39.2 Å². The zero-order valence-electron chi connectivity index (χ0n) is 12.8. The topological polar surface area (TPSA) is 90.9 Å². The molecule has 0 unspecified atom stereocenters. The van der Waals surface area contributed by atoms with E-state index in [1.807, 2.05) is 6.92 Å². The van der Waals surface area contributed by atoms with E-state index in [2.05, 4.69) is 14.8 Å². The summed E-state index contributed by atoms with van der Waals surface area (Å²) in [5, 5.41) is 2.69. The summed E-state index contributed by atoms with van der Waals surface area (Å²) in [7, 11) is 3.60. The molecule has 0 aromatic heterocycles. The molecule has 0 saturated carbocycles. The van der Waals surface area contributed by atoms with Gasteiger partial charge in [-0.3, -0.25) is 0 Å². The lowest BCUT2D eigenvalue weighted by Gasteiger charge is -2.13. The first-order valence-corrected chi connectivity index (χ1v) is 6.26. The van der Waals surface area contributed by atoms with E-state index in [1.165, 1.54) is 21.3 Å². The zero-order valence-corrected chi connectivity index (χ0v) is 12.8. The molecule has 0 fully saturated rings. The smallest absolute Gasteiger partial charge is 0.354 e. The number of aryl methyl sites for hydroxylation is 1. The summed E-state index contributed by atoms with van der Waals surface area (Å²) < 4.78 is 13.8. The van der Waals surface area contributed by atoms with E-state index in [0.717, 1.165) is 11.6 Å². The minimum atomic E-state index is -0.776. The van der Waals surface area contributed by atoms with Crippen LogP contribution >= 0.6 is 0 Å². The summed E-state index contributed by atoms with van der Waals surface area (Å²) in [6.45, 7) is 1.81. The number of hydrogen-bond acceptors (Lipinski definition) is 7. The van der Waals surface area contributed by atoms with Crippen LogP contribution in [0.15, 0.2) is 30.0 Å². The quantitative estimate of drug-likeness (QED) is 0.500. The highest BCUT2D eigenvalue weighted by Gasteiger charge is 2.17. The minimum absolute atomic E-state index is 0.164. The van der Waals surface area contributed by atoms with Gasteiger partial charge in [-0.25, -0.2) is 14.4 Å². The van der Waals surface area contributed by atoms with Gasteiger partial charge in [-0.15, -0.1) is 0 Å². The largest absolute Gasteiger partial charge is 0.466 e. The van der Waals surface area contributed by atoms with Gasteiger partial charge in [0.05, 0.1) is 38.7 Å². The van der Waals surface area contributed by atoms with Crippen LogP contribution in [0.2, 0.25) is 0 Å². The van der Waals surface area contributed by atoms with E-state index in [1.54, 1.807) is 18.2 Å². The lowest BCUT2D eigenvalue weighted by Crippen LogP contribution is -2.17.